The van der Waals surface area contributed by atoms with Crippen molar-refractivity contribution >= 4 is 17.2 Å². The van der Waals surface area contributed by atoms with E-state index in [9.17, 15) is 4.79 Å². The van der Waals surface area contributed by atoms with Gasteiger partial charge in [0.05, 0.1) is 10.7 Å². The van der Waals surface area contributed by atoms with Gasteiger partial charge in [0.15, 0.2) is 0 Å². The maximum atomic E-state index is 12.5. The molecule has 0 radical (unpaired) electrons. The Balaban J connectivity index is 1.73. The first-order chi connectivity index (χ1) is 10.5. The predicted molar refractivity (Wildman–Crippen MR) is 86.1 cm³/mol. The summed E-state index contributed by atoms with van der Waals surface area (Å²) < 4.78 is 2.25. The minimum absolute atomic E-state index is 0.0317. The fourth-order valence-electron chi connectivity index (χ4n) is 2.77. The zero-order chi connectivity index (χ0) is 15.7. The smallest absolute Gasteiger partial charge is 0.273 e. The molecule has 6 nitrogen and oxygen atoms in total. The highest BCUT2D eigenvalue weighted by Gasteiger charge is 2.23. The minimum atomic E-state index is 0.0317. The molecule has 0 N–H and O–H groups in total. The Morgan fingerprint density at radius 2 is 2.18 bits per heavy atom. The van der Waals surface area contributed by atoms with E-state index in [0.717, 1.165) is 30.3 Å². The first-order valence-electron chi connectivity index (χ1n) is 7.44. The van der Waals surface area contributed by atoms with Crippen molar-refractivity contribution in [3.8, 4) is 0 Å². The number of thiazole rings is 1. The Morgan fingerprint density at radius 3 is 2.86 bits per heavy atom. The van der Waals surface area contributed by atoms with E-state index < -0.39 is 0 Å². The normalized spacial score (nSPS) is 15.0. The van der Waals surface area contributed by atoms with Gasteiger partial charge in [0.25, 0.3) is 5.91 Å². The molecular weight excluding hydrogens is 298 g/mol. The molecule has 7 heteroatoms. The summed E-state index contributed by atoms with van der Waals surface area (Å²) in [5, 5.41) is 2.78. The summed E-state index contributed by atoms with van der Waals surface area (Å²) in [5.74, 6) is 1.10. The standard InChI is InChI=1S/C15H21N5OS/c1-11-17-13(10-22-11)15(21)19-5-4-14-16-8-12(9-18(2)3)20(14)7-6-19/h8,10H,4-7,9H2,1-3H3. The molecule has 0 saturated carbocycles. The Bertz CT molecular complexity index is 675. The number of amides is 1. The molecule has 0 aliphatic carbocycles. The fraction of sp³-hybridized carbons (Fsp3) is 0.533. The summed E-state index contributed by atoms with van der Waals surface area (Å²) >= 11 is 1.52. The van der Waals surface area contributed by atoms with Crippen LogP contribution in [0.25, 0.3) is 0 Å². The average Bonchev–Trinajstić information content (AvgIpc) is 2.99. The molecule has 118 valence electrons. The largest absolute Gasteiger partial charge is 0.335 e. The summed E-state index contributed by atoms with van der Waals surface area (Å²) in [6.07, 6.45) is 2.75. The molecule has 1 aliphatic rings. The number of nitrogens with zero attached hydrogens (tertiary/aromatic N) is 5. The molecule has 3 rings (SSSR count). The van der Waals surface area contributed by atoms with Gasteiger partial charge in [0.1, 0.15) is 11.5 Å². The van der Waals surface area contributed by atoms with Crippen LogP contribution in [-0.2, 0) is 19.5 Å². The molecule has 1 amide bonds. The van der Waals surface area contributed by atoms with Crippen molar-refractivity contribution in [2.24, 2.45) is 0 Å². The van der Waals surface area contributed by atoms with E-state index in [1.54, 1.807) is 0 Å². The van der Waals surface area contributed by atoms with Crippen LogP contribution in [0.1, 0.15) is 27.0 Å². The van der Waals surface area contributed by atoms with Crippen molar-refractivity contribution in [2.75, 3.05) is 27.2 Å². The van der Waals surface area contributed by atoms with Gasteiger partial charge >= 0.3 is 0 Å². The average molecular weight is 319 g/mol. The molecule has 0 saturated heterocycles. The molecule has 2 aromatic heterocycles. The quantitative estimate of drug-likeness (QED) is 0.858. The second-order valence-electron chi connectivity index (χ2n) is 5.85. The molecule has 0 unspecified atom stereocenters. The highest BCUT2D eigenvalue weighted by molar-refractivity contribution is 7.09. The number of rotatable bonds is 3. The first-order valence-corrected chi connectivity index (χ1v) is 8.32. The summed E-state index contributed by atoms with van der Waals surface area (Å²) in [6, 6.07) is 0. The second-order valence-corrected chi connectivity index (χ2v) is 6.91. The number of hydrogen-bond acceptors (Lipinski definition) is 5. The third-order valence-corrected chi connectivity index (χ3v) is 4.60. The first kappa shape index (κ1) is 15.2. The lowest BCUT2D eigenvalue weighted by Crippen LogP contribution is -2.34. The number of carbonyl (C=O) groups is 1. The SMILES string of the molecule is Cc1nc(C(=O)N2CCc3ncc(CN(C)C)n3CC2)cs1. The van der Waals surface area contributed by atoms with Crippen molar-refractivity contribution in [2.45, 2.75) is 26.4 Å². The Hall–Kier alpha value is -1.73. The van der Waals surface area contributed by atoms with Gasteiger partial charge in [-0.3, -0.25) is 4.79 Å². The van der Waals surface area contributed by atoms with Crippen LogP contribution in [0.3, 0.4) is 0 Å². The number of hydrogen-bond donors (Lipinski definition) is 0. The second kappa shape index (κ2) is 6.18. The van der Waals surface area contributed by atoms with Crippen molar-refractivity contribution in [3.05, 3.63) is 33.8 Å². The maximum Gasteiger partial charge on any atom is 0.273 e. The van der Waals surface area contributed by atoms with E-state index >= 15 is 0 Å². The van der Waals surface area contributed by atoms with Gasteiger partial charge in [-0.1, -0.05) is 0 Å². The zero-order valence-electron chi connectivity index (χ0n) is 13.2. The Labute approximate surface area is 134 Å². The molecule has 0 aromatic carbocycles. The number of aryl methyl sites for hydroxylation is 1. The monoisotopic (exact) mass is 319 g/mol. The summed E-state index contributed by atoms with van der Waals surface area (Å²) in [7, 11) is 4.11. The van der Waals surface area contributed by atoms with Crippen LogP contribution in [0.5, 0.6) is 0 Å². The van der Waals surface area contributed by atoms with E-state index in [-0.39, 0.29) is 5.91 Å². The minimum Gasteiger partial charge on any atom is -0.335 e. The molecule has 0 bridgehead atoms. The molecule has 0 spiro atoms. The number of fused-ring (bicyclic) bond motifs is 1. The fourth-order valence-corrected chi connectivity index (χ4v) is 3.36. The van der Waals surface area contributed by atoms with E-state index in [4.69, 9.17) is 0 Å². The lowest BCUT2D eigenvalue weighted by molar-refractivity contribution is 0.0753. The van der Waals surface area contributed by atoms with E-state index in [1.165, 1.54) is 17.0 Å². The Kier molecular flexibility index (Phi) is 4.26. The lowest BCUT2D eigenvalue weighted by Gasteiger charge is -2.19. The van der Waals surface area contributed by atoms with Gasteiger partial charge in [-0.2, -0.15) is 0 Å². The molecule has 1 aliphatic heterocycles. The van der Waals surface area contributed by atoms with Crippen molar-refractivity contribution < 1.29 is 4.79 Å². The Morgan fingerprint density at radius 1 is 1.36 bits per heavy atom. The zero-order valence-corrected chi connectivity index (χ0v) is 14.1. The maximum absolute atomic E-state index is 12.5. The molecule has 3 heterocycles. The van der Waals surface area contributed by atoms with Gasteiger partial charge in [-0.25, -0.2) is 9.97 Å². The van der Waals surface area contributed by atoms with E-state index in [2.05, 4.69) is 33.5 Å². The van der Waals surface area contributed by atoms with Gasteiger partial charge in [0.2, 0.25) is 0 Å². The van der Waals surface area contributed by atoms with Gasteiger partial charge in [-0.15, -0.1) is 11.3 Å². The highest BCUT2D eigenvalue weighted by Crippen LogP contribution is 2.16. The van der Waals surface area contributed by atoms with Gasteiger partial charge in [0, 0.05) is 44.2 Å². The lowest BCUT2D eigenvalue weighted by atomic mass is 10.3. The van der Waals surface area contributed by atoms with Crippen LogP contribution in [0.4, 0.5) is 0 Å². The molecule has 0 atom stereocenters. The van der Waals surface area contributed by atoms with Crippen molar-refractivity contribution in [1.82, 2.24) is 24.3 Å². The molecule has 22 heavy (non-hydrogen) atoms. The van der Waals surface area contributed by atoms with Crippen LogP contribution in [0, 0.1) is 6.92 Å². The van der Waals surface area contributed by atoms with Crippen LogP contribution < -0.4 is 0 Å². The van der Waals surface area contributed by atoms with Crippen LogP contribution >= 0.6 is 11.3 Å². The van der Waals surface area contributed by atoms with Gasteiger partial charge in [-0.05, 0) is 21.0 Å². The number of carbonyl (C=O) groups excluding carboxylic acids is 1. The highest BCUT2D eigenvalue weighted by atomic mass is 32.1. The summed E-state index contributed by atoms with van der Waals surface area (Å²) in [5.41, 5.74) is 1.77. The third kappa shape index (κ3) is 3.05. The number of aromatic nitrogens is 3. The molecular formula is C15H21N5OS. The third-order valence-electron chi connectivity index (χ3n) is 3.82. The predicted octanol–water partition coefficient (Wildman–Crippen LogP) is 1.41. The van der Waals surface area contributed by atoms with E-state index in [0.29, 0.717) is 18.8 Å². The van der Waals surface area contributed by atoms with Crippen LogP contribution in [-0.4, -0.2) is 57.4 Å². The van der Waals surface area contributed by atoms with Crippen LogP contribution in [0.2, 0.25) is 0 Å². The molecule has 0 fully saturated rings. The summed E-state index contributed by atoms with van der Waals surface area (Å²) in [6.45, 7) is 5.00. The van der Waals surface area contributed by atoms with Gasteiger partial charge < -0.3 is 14.4 Å². The van der Waals surface area contributed by atoms with Crippen molar-refractivity contribution in [3.63, 3.8) is 0 Å². The number of imidazole rings is 1. The molecule has 2 aromatic rings. The van der Waals surface area contributed by atoms with E-state index in [1.807, 2.05) is 23.4 Å². The summed E-state index contributed by atoms with van der Waals surface area (Å²) in [4.78, 5) is 25.4. The van der Waals surface area contributed by atoms with Crippen LogP contribution in [0.15, 0.2) is 11.6 Å². The van der Waals surface area contributed by atoms with Crippen molar-refractivity contribution in [1.29, 1.82) is 0 Å². The topological polar surface area (TPSA) is 54.3 Å².